The van der Waals surface area contributed by atoms with Gasteiger partial charge in [-0.2, -0.15) is 5.10 Å². The van der Waals surface area contributed by atoms with Crippen LogP contribution in [0.1, 0.15) is 10.4 Å². The van der Waals surface area contributed by atoms with Crippen LogP contribution >= 0.6 is 46.7 Å². The Morgan fingerprint density at radius 3 is 2.47 bits per heavy atom. The molecule has 1 amide bonds. The third kappa shape index (κ3) is 4.43. The van der Waals surface area contributed by atoms with Gasteiger partial charge in [0.25, 0.3) is 5.91 Å². The number of rotatable bonds is 2. The quantitative estimate of drug-likeness (QED) is 0.514. The first-order chi connectivity index (χ1) is 8.08. The van der Waals surface area contributed by atoms with Gasteiger partial charge < -0.3 is 0 Å². The van der Waals surface area contributed by atoms with Gasteiger partial charge in [0.15, 0.2) is 0 Å². The van der Waals surface area contributed by atoms with Gasteiger partial charge in [-0.1, -0.05) is 23.2 Å². The monoisotopic (exact) mass is 308 g/mol. The highest BCUT2D eigenvalue weighted by Crippen LogP contribution is 2.20. The first-order valence-corrected chi connectivity index (χ1v) is 7.70. The molecule has 1 aromatic rings. The molecule has 0 fully saturated rings. The summed E-state index contributed by atoms with van der Waals surface area (Å²) in [6.07, 6.45) is 3.77. The molecule has 0 aromatic heterocycles. The Balaban J connectivity index is 2.80. The molecule has 0 saturated heterocycles. The van der Waals surface area contributed by atoms with Gasteiger partial charge in [-0.3, -0.25) is 4.79 Å². The lowest BCUT2D eigenvalue weighted by Gasteiger charge is -2.04. The number of carbonyl (C=O) groups excluding carboxylic acids is 1. The highest BCUT2D eigenvalue weighted by molar-refractivity contribution is 8.38. The molecule has 0 spiro atoms. The fourth-order valence-corrected chi connectivity index (χ4v) is 2.44. The van der Waals surface area contributed by atoms with Crippen molar-refractivity contribution in [3.05, 3.63) is 33.8 Å². The van der Waals surface area contributed by atoms with Crippen LogP contribution in [0.2, 0.25) is 10.0 Å². The van der Waals surface area contributed by atoms with E-state index in [2.05, 4.69) is 10.5 Å². The summed E-state index contributed by atoms with van der Waals surface area (Å²) in [4.78, 5) is 11.7. The molecule has 0 unspecified atom stereocenters. The molecule has 7 heteroatoms. The van der Waals surface area contributed by atoms with Crippen LogP contribution in [0.15, 0.2) is 23.3 Å². The molecule has 0 saturated carbocycles. The highest BCUT2D eigenvalue weighted by atomic mass is 35.5. The molecule has 17 heavy (non-hydrogen) atoms. The van der Waals surface area contributed by atoms with Gasteiger partial charge in [0.1, 0.15) is 4.38 Å². The number of amides is 1. The standard InChI is InChI=1S/C10H10Cl2N2OS2/c1-16-10(17-2)14-13-9(15)7-4-3-6(11)5-8(7)12/h3-5H,1-2H3,(H,13,15). The van der Waals surface area contributed by atoms with E-state index in [1.54, 1.807) is 12.1 Å². The van der Waals surface area contributed by atoms with E-state index in [1.165, 1.54) is 29.6 Å². The summed E-state index contributed by atoms with van der Waals surface area (Å²) in [7, 11) is 0. The summed E-state index contributed by atoms with van der Waals surface area (Å²) < 4.78 is 0.767. The second-order valence-corrected chi connectivity index (χ2v) is 5.54. The Morgan fingerprint density at radius 1 is 1.29 bits per heavy atom. The second-order valence-electron chi connectivity index (χ2n) is 2.85. The number of hydrazone groups is 1. The molecule has 92 valence electrons. The van der Waals surface area contributed by atoms with E-state index >= 15 is 0 Å². The van der Waals surface area contributed by atoms with E-state index < -0.39 is 0 Å². The number of nitrogens with one attached hydrogen (secondary N) is 1. The first-order valence-electron chi connectivity index (χ1n) is 4.49. The summed E-state index contributed by atoms with van der Waals surface area (Å²) >= 11 is 14.6. The molecular weight excluding hydrogens is 299 g/mol. The Kier molecular flexibility index (Phi) is 6.19. The Labute approximate surface area is 118 Å². The predicted octanol–water partition coefficient (Wildman–Crippen LogP) is 3.72. The molecule has 0 heterocycles. The normalized spacial score (nSPS) is 9.88. The predicted molar refractivity (Wildman–Crippen MR) is 78.4 cm³/mol. The van der Waals surface area contributed by atoms with Crippen LogP contribution < -0.4 is 5.43 Å². The maximum absolute atomic E-state index is 11.7. The SMILES string of the molecule is CSC(=NNC(=O)c1ccc(Cl)cc1Cl)SC. The zero-order chi connectivity index (χ0) is 12.8. The van der Waals surface area contributed by atoms with E-state index in [-0.39, 0.29) is 5.91 Å². The lowest BCUT2D eigenvalue weighted by molar-refractivity contribution is 0.0955. The number of hydrogen-bond donors (Lipinski definition) is 1. The van der Waals surface area contributed by atoms with Crippen LogP contribution in [-0.2, 0) is 0 Å². The number of nitrogens with zero attached hydrogens (tertiary/aromatic N) is 1. The van der Waals surface area contributed by atoms with E-state index in [0.717, 1.165) is 4.38 Å². The topological polar surface area (TPSA) is 41.5 Å². The summed E-state index contributed by atoms with van der Waals surface area (Å²) in [6, 6.07) is 4.69. The van der Waals surface area contributed by atoms with Crippen molar-refractivity contribution < 1.29 is 4.79 Å². The summed E-state index contributed by atoms with van der Waals surface area (Å²) in [5, 5.41) is 4.75. The Morgan fingerprint density at radius 2 is 1.94 bits per heavy atom. The lowest BCUT2D eigenvalue weighted by atomic mass is 10.2. The third-order valence-electron chi connectivity index (χ3n) is 1.77. The largest absolute Gasteiger partial charge is 0.272 e. The fourth-order valence-electron chi connectivity index (χ4n) is 1.00. The number of halogens is 2. The van der Waals surface area contributed by atoms with Gasteiger partial charge in [0, 0.05) is 5.02 Å². The molecule has 1 aromatic carbocycles. The van der Waals surface area contributed by atoms with Crippen molar-refractivity contribution in [3.8, 4) is 0 Å². The molecule has 0 bridgehead atoms. The van der Waals surface area contributed by atoms with Crippen LogP contribution in [0.4, 0.5) is 0 Å². The lowest BCUT2D eigenvalue weighted by Crippen LogP contribution is -2.18. The van der Waals surface area contributed by atoms with Crippen molar-refractivity contribution in [2.45, 2.75) is 0 Å². The van der Waals surface area contributed by atoms with Crippen molar-refractivity contribution in [2.75, 3.05) is 12.5 Å². The minimum atomic E-state index is -0.354. The highest BCUT2D eigenvalue weighted by Gasteiger charge is 2.10. The summed E-state index contributed by atoms with van der Waals surface area (Å²) in [5.41, 5.74) is 2.79. The van der Waals surface area contributed by atoms with E-state index in [9.17, 15) is 4.79 Å². The molecule has 0 aliphatic heterocycles. The second kappa shape index (κ2) is 7.16. The molecule has 1 N–H and O–H groups in total. The van der Waals surface area contributed by atoms with Gasteiger partial charge in [-0.15, -0.1) is 23.5 Å². The molecule has 0 aliphatic rings. The van der Waals surface area contributed by atoms with Crippen molar-refractivity contribution in [2.24, 2.45) is 5.10 Å². The van der Waals surface area contributed by atoms with Gasteiger partial charge in [0.05, 0.1) is 10.6 Å². The van der Waals surface area contributed by atoms with Crippen molar-refractivity contribution in [3.63, 3.8) is 0 Å². The van der Waals surface area contributed by atoms with Crippen molar-refractivity contribution in [1.82, 2.24) is 5.43 Å². The summed E-state index contributed by atoms with van der Waals surface area (Å²) in [6.45, 7) is 0. The minimum absolute atomic E-state index is 0.306. The van der Waals surface area contributed by atoms with Gasteiger partial charge in [-0.05, 0) is 30.7 Å². The maximum Gasteiger partial charge on any atom is 0.272 e. The molecule has 0 atom stereocenters. The minimum Gasteiger partial charge on any atom is -0.267 e. The molecule has 0 aliphatic carbocycles. The third-order valence-corrected chi connectivity index (χ3v) is 4.20. The summed E-state index contributed by atoms with van der Waals surface area (Å²) in [5.74, 6) is -0.354. The van der Waals surface area contributed by atoms with Gasteiger partial charge >= 0.3 is 0 Å². The number of thioether (sulfide) groups is 2. The van der Waals surface area contributed by atoms with Gasteiger partial charge in [-0.25, -0.2) is 5.43 Å². The first kappa shape index (κ1) is 14.7. The fraction of sp³-hybridized carbons (Fsp3) is 0.200. The Bertz CT molecular complexity index is 446. The molecular formula is C10H10Cl2N2OS2. The smallest absolute Gasteiger partial charge is 0.267 e. The number of carbonyl (C=O) groups is 1. The molecule has 1 rings (SSSR count). The van der Waals surface area contributed by atoms with Crippen LogP contribution in [0.5, 0.6) is 0 Å². The van der Waals surface area contributed by atoms with Gasteiger partial charge in [0.2, 0.25) is 0 Å². The van der Waals surface area contributed by atoms with Crippen molar-refractivity contribution >= 4 is 57.0 Å². The number of hydrogen-bond acceptors (Lipinski definition) is 4. The Hall–Kier alpha value is -0.360. The average Bonchev–Trinajstić information content (AvgIpc) is 2.30. The van der Waals surface area contributed by atoms with Crippen LogP contribution in [0.3, 0.4) is 0 Å². The van der Waals surface area contributed by atoms with E-state index in [4.69, 9.17) is 23.2 Å². The zero-order valence-electron chi connectivity index (χ0n) is 9.16. The number of benzene rings is 1. The molecule has 0 radical (unpaired) electrons. The van der Waals surface area contributed by atoms with E-state index in [1.807, 2.05) is 12.5 Å². The van der Waals surface area contributed by atoms with Crippen LogP contribution in [0.25, 0.3) is 0 Å². The molecule has 3 nitrogen and oxygen atoms in total. The zero-order valence-corrected chi connectivity index (χ0v) is 12.3. The van der Waals surface area contributed by atoms with Crippen LogP contribution in [0, 0.1) is 0 Å². The average molecular weight is 309 g/mol. The van der Waals surface area contributed by atoms with Crippen molar-refractivity contribution in [1.29, 1.82) is 0 Å². The van der Waals surface area contributed by atoms with E-state index in [0.29, 0.717) is 15.6 Å². The van der Waals surface area contributed by atoms with Crippen LogP contribution in [-0.4, -0.2) is 22.8 Å². The maximum atomic E-state index is 11.7.